The van der Waals surface area contributed by atoms with E-state index in [1.807, 2.05) is 0 Å². The summed E-state index contributed by atoms with van der Waals surface area (Å²) in [6, 6.07) is 0. The van der Waals surface area contributed by atoms with Gasteiger partial charge in [0.1, 0.15) is 0 Å². The quantitative estimate of drug-likeness (QED) is 0.607. The van der Waals surface area contributed by atoms with Crippen molar-refractivity contribution in [3.63, 3.8) is 0 Å². The van der Waals surface area contributed by atoms with E-state index in [0.717, 1.165) is 19.3 Å². The fourth-order valence-corrected chi connectivity index (χ4v) is 3.01. The second kappa shape index (κ2) is 6.03. The molecule has 1 rings (SSSR count). The summed E-state index contributed by atoms with van der Waals surface area (Å²) < 4.78 is 4.87. The molecule has 3 unspecified atom stereocenters. The van der Waals surface area contributed by atoms with Gasteiger partial charge < -0.3 is 9.84 Å². The molecule has 1 fully saturated rings. The third kappa shape index (κ3) is 3.72. The molecule has 4 heteroatoms. The number of ether oxygens (including phenoxy) is 1. The zero-order valence-corrected chi connectivity index (χ0v) is 10.8. The van der Waals surface area contributed by atoms with Crippen molar-refractivity contribution >= 4 is 11.9 Å². The number of hydrogen-bond donors (Lipinski definition) is 1. The standard InChI is InChI=1S/C13H22O4/c1-4-17-13(16)11(12(14)15)10-6-8(2)5-9(3)7-10/h8-11H,4-7H2,1-3H3,(H,14,15). The average molecular weight is 242 g/mol. The Kier molecular flexibility index (Phi) is 4.97. The van der Waals surface area contributed by atoms with Crippen LogP contribution in [0.3, 0.4) is 0 Å². The molecule has 0 aliphatic heterocycles. The summed E-state index contributed by atoms with van der Waals surface area (Å²) in [6.07, 6.45) is 2.73. The summed E-state index contributed by atoms with van der Waals surface area (Å²) in [5.74, 6) is -1.72. The zero-order valence-electron chi connectivity index (χ0n) is 10.8. The number of hydrogen-bond acceptors (Lipinski definition) is 3. The third-order valence-electron chi connectivity index (χ3n) is 3.49. The van der Waals surface area contributed by atoms with Crippen LogP contribution in [-0.4, -0.2) is 23.7 Å². The van der Waals surface area contributed by atoms with Gasteiger partial charge in [-0.15, -0.1) is 0 Å². The minimum Gasteiger partial charge on any atom is -0.481 e. The summed E-state index contributed by atoms with van der Waals surface area (Å²) in [6.45, 7) is 6.17. The average Bonchev–Trinajstić information content (AvgIpc) is 2.15. The maximum Gasteiger partial charge on any atom is 0.320 e. The van der Waals surface area contributed by atoms with Gasteiger partial charge in [0.25, 0.3) is 0 Å². The second-order valence-corrected chi connectivity index (χ2v) is 5.25. The molecule has 1 saturated carbocycles. The van der Waals surface area contributed by atoms with Crippen LogP contribution in [0.25, 0.3) is 0 Å². The van der Waals surface area contributed by atoms with E-state index < -0.39 is 17.9 Å². The molecule has 0 radical (unpaired) electrons. The molecule has 1 aliphatic carbocycles. The molecule has 0 bridgehead atoms. The maximum atomic E-state index is 11.7. The lowest BCUT2D eigenvalue weighted by Gasteiger charge is -2.33. The zero-order chi connectivity index (χ0) is 13.0. The summed E-state index contributed by atoms with van der Waals surface area (Å²) in [4.78, 5) is 22.9. The van der Waals surface area contributed by atoms with E-state index in [1.165, 1.54) is 0 Å². The third-order valence-corrected chi connectivity index (χ3v) is 3.49. The predicted octanol–water partition coefficient (Wildman–Crippen LogP) is 2.32. The first-order chi connectivity index (χ1) is 7.95. The largest absolute Gasteiger partial charge is 0.481 e. The highest BCUT2D eigenvalue weighted by Crippen LogP contribution is 2.37. The van der Waals surface area contributed by atoms with Gasteiger partial charge in [-0.25, -0.2) is 0 Å². The second-order valence-electron chi connectivity index (χ2n) is 5.25. The van der Waals surface area contributed by atoms with Crippen molar-refractivity contribution in [2.75, 3.05) is 6.61 Å². The van der Waals surface area contributed by atoms with Crippen LogP contribution < -0.4 is 0 Å². The van der Waals surface area contributed by atoms with Gasteiger partial charge in [-0.3, -0.25) is 9.59 Å². The number of carboxylic acid groups (broad SMARTS) is 1. The molecule has 98 valence electrons. The van der Waals surface area contributed by atoms with Gasteiger partial charge in [-0.1, -0.05) is 13.8 Å². The Morgan fingerprint density at radius 1 is 1.24 bits per heavy atom. The molecule has 17 heavy (non-hydrogen) atoms. The molecule has 0 amide bonds. The summed E-state index contributed by atoms with van der Waals surface area (Å²) >= 11 is 0. The van der Waals surface area contributed by atoms with Crippen LogP contribution in [-0.2, 0) is 14.3 Å². The van der Waals surface area contributed by atoms with Gasteiger partial charge >= 0.3 is 11.9 Å². The minimum atomic E-state index is -1.05. The Morgan fingerprint density at radius 3 is 2.18 bits per heavy atom. The van der Waals surface area contributed by atoms with Gasteiger partial charge in [-0.05, 0) is 43.9 Å². The first kappa shape index (κ1) is 14.0. The number of carboxylic acids is 1. The Morgan fingerprint density at radius 2 is 1.76 bits per heavy atom. The number of carbonyl (C=O) groups excluding carboxylic acids is 1. The molecule has 0 spiro atoms. The van der Waals surface area contributed by atoms with Gasteiger partial charge in [-0.2, -0.15) is 0 Å². The number of esters is 1. The van der Waals surface area contributed by atoms with E-state index in [1.54, 1.807) is 6.92 Å². The van der Waals surface area contributed by atoms with Crippen molar-refractivity contribution in [3.8, 4) is 0 Å². The molecule has 0 aromatic carbocycles. The molecule has 3 atom stereocenters. The monoisotopic (exact) mass is 242 g/mol. The minimum absolute atomic E-state index is 0.0784. The van der Waals surface area contributed by atoms with Crippen LogP contribution in [0, 0.1) is 23.7 Å². The first-order valence-electron chi connectivity index (χ1n) is 6.35. The van der Waals surface area contributed by atoms with Crippen LogP contribution >= 0.6 is 0 Å². The molecule has 1 N–H and O–H groups in total. The van der Waals surface area contributed by atoms with Crippen molar-refractivity contribution in [1.82, 2.24) is 0 Å². The predicted molar refractivity (Wildman–Crippen MR) is 63.4 cm³/mol. The molecule has 0 aromatic rings. The lowest BCUT2D eigenvalue weighted by molar-refractivity contribution is -0.162. The normalized spacial score (nSPS) is 30.6. The Bertz CT molecular complexity index is 277. The van der Waals surface area contributed by atoms with Crippen molar-refractivity contribution in [3.05, 3.63) is 0 Å². The molecular weight excluding hydrogens is 220 g/mol. The highest BCUT2D eigenvalue weighted by molar-refractivity contribution is 5.94. The Balaban J connectivity index is 2.76. The van der Waals surface area contributed by atoms with Crippen LogP contribution in [0.5, 0.6) is 0 Å². The van der Waals surface area contributed by atoms with Crippen LogP contribution in [0.4, 0.5) is 0 Å². The number of rotatable bonds is 4. The van der Waals surface area contributed by atoms with Gasteiger partial charge in [0.2, 0.25) is 0 Å². The fraction of sp³-hybridized carbons (Fsp3) is 0.846. The summed E-state index contributed by atoms with van der Waals surface area (Å²) in [5.41, 5.74) is 0. The van der Waals surface area contributed by atoms with Gasteiger partial charge in [0.05, 0.1) is 6.61 Å². The van der Waals surface area contributed by atoms with Crippen LogP contribution in [0.15, 0.2) is 0 Å². The highest BCUT2D eigenvalue weighted by atomic mass is 16.5. The van der Waals surface area contributed by atoms with Crippen molar-refractivity contribution in [2.24, 2.45) is 23.7 Å². The molecule has 0 heterocycles. The van der Waals surface area contributed by atoms with Gasteiger partial charge in [0, 0.05) is 0 Å². The van der Waals surface area contributed by atoms with E-state index in [-0.39, 0.29) is 12.5 Å². The lowest BCUT2D eigenvalue weighted by Crippen LogP contribution is -2.36. The summed E-state index contributed by atoms with van der Waals surface area (Å²) in [7, 11) is 0. The van der Waals surface area contributed by atoms with E-state index >= 15 is 0 Å². The first-order valence-corrected chi connectivity index (χ1v) is 6.35. The van der Waals surface area contributed by atoms with E-state index in [2.05, 4.69) is 13.8 Å². The van der Waals surface area contributed by atoms with E-state index in [9.17, 15) is 14.7 Å². The molecular formula is C13H22O4. The smallest absolute Gasteiger partial charge is 0.320 e. The molecule has 0 aromatic heterocycles. The summed E-state index contributed by atoms with van der Waals surface area (Å²) in [5, 5.41) is 9.19. The Labute approximate surface area is 102 Å². The van der Waals surface area contributed by atoms with E-state index in [0.29, 0.717) is 11.8 Å². The van der Waals surface area contributed by atoms with Gasteiger partial charge in [0.15, 0.2) is 5.92 Å². The number of aliphatic carboxylic acids is 1. The topological polar surface area (TPSA) is 63.6 Å². The highest BCUT2D eigenvalue weighted by Gasteiger charge is 2.39. The van der Waals surface area contributed by atoms with Crippen LogP contribution in [0.2, 0.25) is 0 Å². The van der Waals surface area contributed by atoms with Crippen LogP contribution in [0.1, 0.15) is 40.0 Å². The molecule has 0 saturated heterocycles. The van der Waals surface area contributed by atoms with Crippen molar-refractivity contribution in [2.45, 2.75) is 40.0 Å². The van der Waals surface area contributed by atoms with Crippen molar-refractivity contribution < 1.29 is 19.4 Å². The fourth-order valence-electron chi connectivity index (χ4n) is 3.01. The van der Waals surface area contributed by atoms with Crippen molar-refractivity contribution in [1.29, 1.82) is 0 Å². The molecule has 1 aliphatic rings. The SMILES string of the molecule is CCOC(=O)C(C(=O)O)C1CC(C)CC(C)C1. The molecule has 4 nitrogen and oxygen atoms in total. The lowest BCUT2D eigenvalue weighted by atomic mass is 9.71. The Hall–Kier alpha value is -1.06. The van der Waals surface area contributed by atoms with E-state index in [4.69, 9.17) is 4.74 Å². The number of carbonyl (C=O) groups is 2. The maximum absolute atomic E-state index is 11.7.